The molecule has 0 aliphatic carbocycles. The largest absolute Gasteiger partial charge is 0.464 e. The monoisotopic (exact) mass is 280 g/mol. The maximum atomic E-state index is 5.78. The smallest absolute Gasteiger partial charge is 0.134 e. The van der Waals surface area contributed by atoms with Crippen LogP contribution in [0.5, 0.6) is 0 Å². The van der Waals surface area contributed by atoms with Crippen LogP contribution in [0.2, 0.25) is 0 Å². The fourth-order valence-corrected chi connectivity index (χ4v) is 2.88. The third-order valence-electron chi connectivity index (χ3n) is 3.89. The minimum Gasteiger partial charge on any atom is -0.464 e. The number of piperidine rings is 1. The maximum absolute atomic E-state index is 5.78. The molecule has 1 aliphatic rings. The lowest BCUT2D eigenvalue weighted by molar-refractivity contribution is 0.171. The molecule has 2 aromatic rings. The summed E-state index contributed by atoms with van der Waals surface area (Å²) in [6, 6.07) is 8.25. The lowest BCUT2D eigenvalue weighted by Crippen LogP contribution is -2.37. The van der Waals surface area contributed by atoms with Crippen molar-refractivity contribution in [2.75, 3.05) is 19.6 Å². The number of fused-ring (bicyclic) bond motifs is 1. The standard InChI is InChI=1S/C15H20N2O.ClH/c16-8-12-4-3-7-17(9-12)10-13-11-18-15-6-2-1-5-14(13)15;/h1-2,5-6,11-12H,3-4,7-10,16H2;1H. The molecule has 1 fully saturated rings. The Balaban J connectivity index is 0.00000133. The summed E-state index contributed by atoms with van der Waals surface area (Å²) in [7, 11) is 0. The number of hydrogen-bond acceptors (Lipinski definition) is 3. The summed E-state index contributed by atoms with van der Waals surface area (Å²) in [5.41, 5.74) is 8.06. The molecule has 0 amide bonds. The third-order valence-corrected chi connectivity index (χ3v) is 3.89. The van der Waals surface area contributed by atoms with E-state index in [0.717, 1.165) is 25.2 Å². The van der Waals surface area contributed by atoms with E-state index in [0.29, 0.717) is 5.92 Å². The van der Waals surface area contributed by atoms with Gasteiger partial charge in [0, 0.05) is 24.0 Å². The fourth-order valence-electron chi connectivity index (χ4n) is 2.88. The molecule has 1 aromatic heterocycles. The minimum absolute atomic E-state index is 0. The van der Waals surface area contributed by atoms with Gasteiger partial charge >= 0.3 is 0 Å². The zero-order valence-electron chi connectivity index (χ0n) is 11.0. The average molecular weight is 281 g/mol. The number of likely N-dealkylation sites (tertiary alicyclic amines) is 1. The highest BCUT2D eigenvalue weighted by molar-refractivity contribution is 5.85. The van der Waals surface area contributed by atoms with E-state index in [1.807, 2.05) is 18.4 Å². The molecular formula is C15H21ClN2O. The van der Waals surface area contributed by atoms with Crippen LogP contribution in [-0.4, -0.2) is 24.5 Å². The summed E-state index contributed by atoms with van der Waals surface area (Å²) in [5, 5.41) is 1.24. The van der Waals surface area contributed by atoms with Gasteiger partial charge in [0.25, 0.3) is 0 Å². The van der Waals surface area contributed by atoms with Crippen molar-refractivity contribution in [2.24, 2.45) is 11.7 Å². The van der Waals surface area contributed by atoms with E-state index in [4.69, 9.17) is 10.2 Å². The second kappa shape index (κ2) is 6.42. The van der Waals surface area contributed by atoms with Crippen molar-refractivity contribution in [2.45, 2.75) is 19.4 Å². The topological polar surface area (TPSA) is 42.4 Å². The number of benzene rings is 1. The maximum Gasteiger partial charge on any atom is 0.134 e. The van der Waals surface area contributed by atoms with Crippen LogP contribution in [0.25, 0.3) is 11.0 Å². The summed E-state index contributed by atoms with van der Waals surface area (Å²) in [4.78, 5) is 2.50. The van der Waals surface area contributed by atoms with Crippen LogP contribution < -0.4 is 5.73 Å². The lowest BCUT2D eigenvalue weighted by Gasteiger charge is -2.31. The van der Waals surface area contributed by atoms with E-state index in [-0.39, 0.29) is 12.4 Å². The number of rotatable bonds is 3. The van der Waals surface area contributed by atoms with Crippen molar-refractivity contribution in [3.63, 3.8) is 0 Å². The number of para-hydroxylation sites is 1. The molecule has 1 saturated heterocycles. The molecule has 1 unspecified atom stereocenters. The zero-order chi connectivity index (χ0) is 12.4. The summed E-state index contributed by atoms with van der Waals surface area (Å²) in [6.07, 6.45) is 4.44. The molecule has 0 radical (unpaired) electrons. The number of halogens is 1. The van der Waals surface area contributed by atoms with E-state index in [9.17, 15) is 0 Å². The molecule has 0 bridgehead atoms. The third kappa shape index (κ3) is 3.11. The predicted octanol–water partition coefficient (Wildman–Crippen LogP) is 3.03. The van der Waals surface area contributed by atoms with E-state index in [1.165, 1.54) is 30.3 Å². The Bertz CT molecular complexity index is 526. The van der Waals surface area contributed by atoms with Crippen LogP contribution in [-0.2, 0) is 6.54 Å². The zero-order valence-corrected chi connectivity index (χ0v) is 11.9. The Morgan fingerprint density at radius 2 is 2.16 bits per heavy atom. The normalized spacial score (nSPS) is 20.4. The molecule has 19 heavy (non-hydrogen) atoms. The van der Waals surface area contributed by atoms with Crippen molar-refractivity contribution in [3.8, 4) is 0 Å². The number of nitrogens with two attached hydrogens (primary N) is 1. The first-order valence-corrected chi connectivity index (χ1v) is 6.74. The van der Waals surface area contributed by atoms with E-state index in [2.05, 4.69) is 17.0 Å². The van der Waals surface area contributed by atoms with Crippen molar-refractivity contribution < 1.29 is 4.42 Å². The second-order valence-corrected chi connectivity index (χ2v) is 5.24. The van der Waals surface area contributed by atoms with Crippen molar-refractivity contribution in [3.05, 3.63) is 36.1 Å². The molecule has 2 N–H and O–H groups in total. The van der Waals surface area contributed by atoms with Crippen molar-refractivity contribution in [1.82, 2.24) is 4.90 Å². The van der Waals surface area contributed by atoms with Crippen LogP contribution in [0.3, 0.4) is 0 Å². The molecule has 1 aliphatic heterocycles. The summed E-state index contributed by atoms with van der Waals surface area (Å²) in [6.45, 7) is 4.09. The van der Waals surface area contributed by atoms with Crippen LogP contribution in [0, 0.1) is 5.92 Å². The van der Waals surface area contributed by atoms with E-state index >= 15 is 0 Å². The second-order valence-electron chi connectivity index (χ2n) is 5.24. The lowest BCUT2D eigenvalue weighted by atomic mass is 9.98. The molecule has 2 heterocycles. The molecule has 0 spiro atoms. The summed E-state index contributed by atoms with van der Waals surface area (Å²) >= 11 is 0. The van der Waals surface area contributed by atoms with E-state index < -0.39 is 0 Å². The average Bonchev–Trinajstić information content (AvgIpc) is 2.83. The Hall–Kier alpha value is -1.03. The van der Waals surface area contributed by atoms with Crippen LogP contribution in [0.4, 0.5) is 0 Å². The number of hydrogen-bond donors (Lipinski definition) is 1. The predicted molar refractivity (Wildman–Crippen MR) is 80.5 cm³/mol. The van der Waals surface area contributed by atoms with Crippen molar-refractivity contribution in [1.29, 1.82) is 0 Å². The number of nitrogens with zero attached hydrogens (tertiary/aromatic N) is 1. The first-order valence-electron chi connectivity index (χ1n) is 6.74. The van der Waals surface area contributed by atoms with Crippen LogP contribution in [0.1, 0.15) is 18.4 Å². The van der Waals surface area contributed by atoms with Gasteiger partial charge < -0.3 is 10.2 Å². The van der Waals surface area contributed by atoms with Gasteiger partial charge in [-0.3, -0.25) is 4.90 Å². The molecule has 104 valence electrons. The highest BCUT2D eigenvalue weighted by Crippen LogP contribution is 2.24. The molecule has 0 saturated carbocycles. The Kier molecular flexibility index (Phi) is 4.86. The fraction of sp³-hybridized carbons (Fsp3) is 0.467. The highest BCUT2D eigenvalue weighted by Gasteiger charge is 2.19. The minimum atomic E-state index is 0. The van der Waals surface area contributed by atoms with Gasteiger partial charge in [-0.1, -0.05) is 18.2 Å². The number of furan rings is 1. The molecular weight excluding hydrogens is 260 g/mol. The van der Waals surface area contributed by atoms with Gasteiger partial charge in [0.2, 0.25) is 0 Å². The SMILES string of the molecule is Cl.NCC1CCCN(Cc2coc3ccccc23)C1. The first-order chi connectivity index (χ1) is 8.86. The van der Waals surface area contributed by atoms with Gasteiger partial charge in [-0.25, -0.2) is 0 Å². The van der Waals surface area contributed by atoms with Gasteiger partial charge in [0.1, 0.15) is 5.58 Å². The van der Waals surface area contributed by atoms with Gasteiger partial charge in [0.05, 0.1) is 6.26 Å². The summed E-state index contributed by atoms with van der Waals surface area (Å²) < 4.78 is 5.59. The molecule has 3 nitrogen and oxygen atoms in total. The van der Waals surface area contributed by atoms with Gasteiger partial charge in [-0.2, -0.15) is 0 Å². The molecule has 3 rings (SSSR count). The Labute approximate surface area is 120 Å². The quantitative estimate of drug-likeness (QED) is 0.940. The molecule has 1 atom stereocenters. The van der Waals surface area contributed by atoms with Gasteiger partial charge in [0.15, 0.2) is 0 Å². The van der Waals surface area contributed by atoms with Crippen LogP contribution in [0.15, 0.2) is 34.9 Å². The first kappa shape index (κ1) is 14.4. The van der Waals surface area contributed by atoms with Gasteiger partial charge in [-0.15, -0.1) is 12.4 Å². The van der Waals surface area contributed by atoms with E-state index in [1.54, 1.807) is 0 Å². The molecule has 4 heteroatoms. The Morgan fingerprint density at radius 3 is 3.00 bits per heavy atom. The Morgan fingerprint density at radius 1 is 1.32 bits per heavy atom. The van der Waals surface area contributed by atoms with Crippen molar-refractivity contribution >= 4 is 23.4 Å². The molecule has 1 aromatic carbocycles. The van der Waals surface area contributed by atoms with Crippen LogP contribution >= 0.6 is 12.4 Å². The van der Waals surface area contributed by atoms with Gasteiger partial charge in [-0.05, 0) is 37.9 Å². The summed E-state index contributed by atoms with van der Waals surface area (Å²) in [5.74, 6) is 0.664. The highest BCUT2D eigenvalue weighted by atomic mass is 35.5.